The molecule has 1 aromatic rings. The largest absolute Gasteiger partial charge is 0.460 e. The summed E-state index contributed by atoms with van der Waals surface area (Å²) in [6.07, 6.45) is 1.67. The lowest BCUT2D eigenvalue weighted by atomic mass is 10.1. The fourth-order valence-corrected chi connectivity index (χ4v) is 1.49. The minimum Gasteiger partial charge on any atom is -0.460 e. The van der Waals surface area contributed by atoms with E-state index in [1.54, 1.807) is 30.3 Å². The molecular formula is C11H12O5S. The van der Waals surface area contributed by atoms with Crippen molar-refractivity contribution >= 4 is 22.2 Å². The SMILES string of the molecule is C=Cc1ccc(COC(=O)CS(=O)(=O)O)cc1. The quantitative estimate of drug-likeness (QED) is 0.633. The fraction of sp³-hybridized carbons (Fsp3) is 0.182. The second-order valence-electron chi connectivity index (χ2n) is 3.33. The number of carbonyl (C=O) groups is 1. The van der Waals surface area contributed by atoms with Crippen molar-refractivity contribution in [2.75, 3.05) is 5.75 Å². The van der Waals surface area contributed by atoms with Gasteiger partial charge < -0.3 is 4.74 Å². The Kier molecular flexibility index (Phi) is 4.42. The van der Waals surface area contributed by atoms with Gasteiger partial charge in [0.05, 0.1) is 0 Å². The molecule has 0 heterocycles. The van der Waals surface area contributed by atoms with Crippen LogP contribution in [-0.2, 0) is 26.3 Å². The van der Waals surface area contributed by atoms with Crippen molar-refractivity contribution in [1.82, 2.24) is 0 Å². The molecule has 0 saturated carbocycles. The third-order valence-electron chi connectivity index (χ3n) is 1.92. The summed E-state index contributed by atoms with van der Waals surface area (Å²) >= 11 is 0. The van der Waals surface area contributed by atoms with Crippen LogP contribution < -0.4 is 0 Å². The van der Waals surface area contributed by atoms with Gasteiger partial charge in [-0.2, -0.15) is 8.42 Å². The van der Waals surface area contributed by atoms with Gasteiger partial charge in [-0.1, -0.05) is 36.9 Å². The van der Waals surface area contributed by atoms with Gasteiger partial charge >= 0.3 is 5.97 Å². The van der Waals surface area contributed by atoms with E-state index >= 15 is 0 Å². The van der Waals surface area contributed by atoms with Crippen molar-refractivity contribution in [3.05, 3.63) is 42.0 Å². The van der Waals surface area contributed by atoms with Crippen LogP contribution in [0.1, 0.15) is 11.1 Å². The van der Waals surface area contributed by atoms with E-state index in [9.17, 15) is 13.2 Å². The molecule has 0 aliphatic carbocycles. The summed E-state index contributed by atoms with van der Waals surface area (Å²) in [5.74, 6) is -2.02. The predicted molar refractivity (Wildman–Crippen MR) is 62.7 cm³/mol. The highest BCUT2D eigenvalue weighted by molar-refractivity contribution is 7.86. The number of hydrogen-bond donors (Lipinski definition) is 1. The lowest BCUT2D eigenvalue weighted by Gasteiger charge is -2.04. The summed E-state index contributed by atoms with van der Waals surface area (Å²) in [6, 6.07) is 7.05. The first-order chi connectivity index (χ1) is 7.90. The Labute approximate surface area is 99.5 Å². The predicted octanol–water partition coefficient (Wildman–Crippen LogP) is 1.26. The Morgan fingerprint density at radius 2 is 1.94 bits per heavy atom. The van der Waals surface area contributed by atoms with E-state index in [2.05, 4.69) is 11.3 Å². The molecule has 1 rings (SSSR count). The standard InChI is InChI=1S/C11H12O5S/c1-2-9-3-5-10(6-4-9)7-16-11(12)8-17(13,14)15/h2-6H,1,7-8H2,(H,13,14,15). The molecule has 0 aromatic heterocycles. The van der Waals surface area contributed by atoms with Crippen LogP contribution >= 0.6 is 0 Å². The maximum atomic E-state index is 11.0. The Morgan fingerprint density at radius 3 is 2.41 bits per heavy atom. The smallest absolute Gasteiger partial charge is 0.323 e. The van der Waals surface area contributed by atoms with Crippen LogP contribution in [0.3, 0.4) is 0 Å². The van der Waals surface area contributed by atoms with Crippen LogP contribution in [-0.4, -0.2) is 24.7 Å². The molecule has 0 atom stereocenters. The highest BCUT2D eigenvalue weighted by Crippen LogP contribution is 2.06. The molecule has 92 valence electrons. The number of rotatable bonds is 5. The van der Waals surface area contributed by atoms with E-state index in [4.69, 9.17) is 4.55 Å². The molecule has 1 aromatic carbocycles. The number of benzene rings is 1. The van der Waals surface area contributed by atoms with Crippen LogP contribution in [0.2, 0.25) is 0 Å². The maximum Gasteiger partial charge on any atom is 0.323 e. The number of carbonyl (C=O) groups excluding carboxylic acids is 1. The summed E-state index contributed by atoms with van der Waals surface area (Å²) in [6.45, 7) is 3.56. The first kappa shape index (κ1) is 13.4. The Balaban J connectivity index is 2.50. The monoisotopic (exact) mass is 256 g/mol. The van der Waals surface area contributed by atoms with E-state index in [1.807, 2.05) is 0 Å². The summed E-state index contributed by atoms with van der Waals surface area (Å²) in [5, 5.41) is 0. The molecule has 0 spiro atoms. The lowest BCUT2D eigenvalue weighted by molar-refractivity contribution is -0.141. The lowest BCUT2D eigenvalue weighted by Crippen LogP contribution is -2.17. The average Bonchev–Trinajstić information content (AvgIpc) is 2.25. The zero-order valence-electron chi connectivity index (χ0n) is 9.00. The highest BCUT2D eigenvalue weighted by atomic mass is 32.2. The second-order valence-corrected chi connectivity index (χ2v) is 4.79. The van der Waals surface area contributed by atoms with Gasteiger partial charge in [0.2, 0.25) is 0 Å². The zero-order valence-corrected chi connectivity index (χ0v) is 9.81. The van der Waals surface area contributed by atoms with Crippen LogP contribution in [0.25, 0.3) is 6.08 Å². The summed E-state index contributed by atoms with van der Waals surface area (Å²) < 4.78 is 33.8. The summed E-state index contributed by atoms with van der Waals surface area (Å²) in [5.41, 5.74) is 1.65. The Morgan fingerprint density at radius 1 is 1.35 bits per heavy atom. The van der Waals surface area contributed by atoms with Crippen molar-refractivity contribution in [3.8, 4) is 0 Å². The van der Waals surface area contributed by atoms with Gasteiger partial charge in [-0.25, -0.2) is 0 Å². The Bertz CT molecular complexity index is 501. The zero-order chi connectivity index (χ0) is 12.9. The van der Waals surface area contributed by atoms with Crippen LogP contribution in [0.4, 0.5) is 0 Å². The highest BCUT2D eigenvalue weighted by Gasteiger charge is 2.13. The first-order valence-electron chi connectivity index (χ1n) is 4.73. The molecule has 0 saturated heterocycles. The van der Waals surface area contributed by atoms with E-state index in [0.29, 0.717) is 0 Å². The normalized spacial score (nSPS) is 10.9. The Hall–Kier alpha value is -1.66. The van der Waals surface area contributed by atoms with Crippen LogP contribution in [0.5, 0.6) is 0 Å². The van der Waals surface area contributed by atoms with Gasteiger partial charge in [-0.15, -0.1) is 0 Å². The second kappa shape index (κ2) is 5.60. The number of hydrogen-bond acceptors (Lipinski definition) is 4. The molecule has 0 aliphatic rings. The summed E-state index contributed by atoms with van der Waals surface area (Å²) in [4.78, 5) is 11.0. The van der Waals surface area contributed by atoms with Crippen LogP contribution in [0, 0.1) is 0 Å². The van der Waals surface area contributed by atoms with Gasteiger partial charge in [0, 0.05) is 0 Å². The molecule has 0 fully saturated rings. The molecule has 1 N–H and O–H groups in total. The van der Waals surface area contributed by atoms with Crippen molar-refractivity contribution in [3.63, 3.8) is 0 Å². The number of ether oxygens (including phenoxy) is 1. The molecule has 17 heavy (non-hydrogen) atoms. The van der Waals surface area contributed by atoms with Crippen molar-refractivity contribution < 1.29 is 22.5 Å². The molecule has 0 amide bonds. The average molecular weight is 256 g/mol. The van der Waals surface area contributed by atoms with Crippen molar-refractivity contribution in [2.24, 2.45) is 0 Å². The third-order valence-corrected chi connectivity index (χ3v) is 2.52. The van der Waals surface area contributed by atoms with E-state index in [0.717, 1.165) is 11.1 Å². The van der Waals surface area contributed by atoms with E-state index in [1.165, 1.54) is 0 Å². The molecule has 0 radical (unpaired) electrons. The third kappa shape index (κ3) is 5.28. The maximum absolute atomic E-state index is 11.0. The minimum absolute atomic E-state index is 0.0359. The topological polar surface area (TPSA) is 80.7 Å². The molecule has 5 nitrogen and oxygen atoms in total. The van der Waals surface area contributed by atoms with Gasteiger partial charge in [0.15, 0.2) is 5.75 Å². The summed E-state index contributed by atoms with van der Waals surface area (Å²) in [7, 11) is -4.33. The molecule has 0 unspecified atom stereocenters. The van der Waals surface area contributed by atoms with Crippen molar-refractivity contribution in [2.45, 2.75) is 6.61 Å². The molecular weight excluding hydrogens is 244 g/mol. The van der Waals surface area contributed by atoms with Gasteiger partial charge in [0.1, 0.15) is 6.61 Å². The minimum atomic E-state index is -4.33. The van der Waals surface area contributed by atoms with Crippen molar-refractivity contribution in [1.29, 1.82) is 0 Å². The van der Waals surface area contributed by atoms with Gasteiger partial charge in [-0.05, 0) is 11.1 Å². The fourth-order valence-electron chi connectivity index (χ4n) is 1.10. The molecule has 0 aliphatic heterocycles. The first-order valence-corrected chi connectivity index (χ1v) is 6.34. The van der Waals surface area contributed by atoms with E-state index in [-0.39, 0.29) is 6.61 Å². The van der Waals surface area contributed by atoms with Crippen LogP contribution in [0.15, 0.2) is 30.8 Å². The molecule has 6 heteroatoms. The van der Waals surface area contributed by atoms with Gasteiger partial charge in [-0.3, -0.25) is 9.35 Å². The van der Waals surface area contributed by atoms with E-state index < -0.39 is 21.8 Å². The van der Waals surface area contributed by atoms with Gasteiger partial charge in [0.25, 0.3) is 10.1 Å². The molecule has 0 bridgehead atoms. The number of esters is 1.